The average Bonchev–Trinajstić information content (AvgIpc) is 3.25. The fraction of sp³-hybridized carbons (Fsp3) is 0.143. The van der Waals surface area contributed by atoms with Crippen LogP contribution in [0.3, 0.4) is 0 Å². The number of nitriles is 1. The first kappa shape index (κ1) is 31.6. The molecule has 19 heteroatoms. The molecule has 1 amide bonds. The van der Waals surface area contributed by atoms with Crippen LogP contribution in [0.15, 0.2) is 41.9 Å². The van der Waals surface area contributed by atoms with Crippen molar-refractivity contribution in [2.75, 3.05) is 0 Å². The summed E-state index contributed by atoms with van der Waals surface area (Å²) in [4.78, 5) is 27.5. The number of aromatic nitrogens is 2. The second kappa shape index (κ2) is 13.4. The van der Waals surface area contributed by atoms with Crippen LogP contribution in [-0.4, -0.2) is 32.8 Å². The van der Waals surface area contributed by atoms with E-state index in [1.54, 1.807) is 6.07 Å². The number of amides is 1. The van der Waals surface area contributed by atoms with E-state index in [4.69, 9.17) is 48.6 Å². The SMILES string of the molecule is N#Cc1cc(Oc2c(Cl)ccc(CNC(=O)c3c(Cl)ncn3N=[N+]=[N-])c2F)cc(C(F)F)c1.O=C(O)C(F)(F)F. The van der Waals surface area contributed by atoms with Gasteiger partial charge < -0.3 is 15.2 Å². The Hall–Kier alpha value is -4.65. The highest BCUT2D eigenvalue weighted by molar-refractivity contribution is 6.32. The number of imidazole rings is 1. The molecule has 3 aromatic rings. The van der Waals surface area contributed by atoms with E-state index >= 15 is 4.39 Å². The van der Waals surface area contributed by atoms with Crippen molar-refractivity contribution in [2.24, 2.45) is 5.22 Å². The van der Waals surface area contributed by atoms with Gasteiger partial charge in [-0.05, 0) is 29.5 Å². The van der Waals surface area contributed by atoms with Gasteiger partial charge in [-0.25, -0.2) is 18.0 Å². The van der Waals surface area contributed by atoms with Crippen LogP contribution in [0.2, 0.25) is 10.2 Å². The predicted octanol–water partition coefficient (Wildman–Crippen LogP) is 6.57. The molecule has 0 radical (unpaired) electrons. The van der Waals surface area contributed by atoms with Crippen LogP contribution in [0.4, 0.5) is 26.3 Å². The van der Waals surface area contributed by atoms with Crippen LogP contribution in [0.1, 0.15) is 33.6 Å². The summed E-state index contributed by atoms with van der Waals surface area (Å²) < 4.78 is 79.1. The normalized spacial score (nSPS) is 10.6. The van der Waals surface area contributed by atoms with Crippen LogP contribution in [0, 0.1) is 17.1 Å². The van der Waals surface area contributed by atoms with Gasteiger partial charge in [0.05, 0.1) is 16.7 Å². The molecular formula is C21H11Cl2F6N7O4. The van der Waals surface area contributed by atoms with Crippen LogP contribution in [0.25, 0.3) is 10.4 Å². The summed E-state index contributed by atoms with van der Waals surface area (Å²) in [6, 6.07) is 7.35. The Kier molecular flexibility index (Phi) is 10.6. The number of hydrogen-bond acceptors (Lipinski definition) is 6. The quantitative estimate of drug-likeness (QED) is 0.133. The Morgan fingerprint density at radius 3 is 2.48 bits per heavy atom. The minimum Gasteiger partial charge on any atom is -0.475 e. The maximum Gasteiger partial charge on any atom is 0.490 e. The van der Waals surface area contributed by atoms with Crippen molar-refractivity contribution < 1.29 is 45.8 Å². The van der Waals surface area contributed by atoms with E-state index in [-0.39, 0.29) is 39.3 Å². The fourth-order valence-electron chi connectivity index (χ4n) is 2.68. The van der Waals surface area contributed by atoms with Gasteiger partial charge in [0.15, 0.2) is 23.0 Å². The number of nitrogens with zero attached hydrogens (tertiary/aromatic N) is 6. The number of nitrogens with one attached hydrogen (secondary N) is 1. The number of carboxylic acids is 1. The summed E-state index contributed by atoms with van der Waals surface area (Å²) >= 11 is 11.8. The van der Waals surface area contributed by atoms with Crippen molar-refractivity contribution in [3.05, 3.63) is 85.5 Å². The van der Waals surface area contributed by atoms with Crippen molar-refractivity contribution in [3.8, 4) is 17.6 Å². The zero-order valence-corrected chi connectivity index (χ0v) is 20.6. The maximum absolute atomic E-state index is 15.0. The molecule has 210 valence electrons. The Balaban J connectivity index is 0.000000708. The molecule has 11 nitrogen and oxygen atoms in total. The third-order valence-corrected chi connectivity index (χ3v) is 4.97. The lowest BCUT2D eigenvalue weighted by molar-refractivity contribution is -0.192. The molecular weight excluding hydrogens is 599 g/mol. The number of carbonyl (C=O) groups is 2. The summed E-state index contributed by atoms with van der Waals surface area (Å²) in [6.07, 6.45) is -6.94. The third kappa shape index (κ3) is 8.17. The Morgan fingerprint density at radius 2 is 1.93 bits per heavy atom. The van der Waals surface area contributed by atoms with Crippen molar-refractivity contribution in [1.82, 2.24) is 15.0 Å². The van der Waals surface area contributed by atoms with E-state index in [2.05, 4.69) is 20.4 Å². The molecule has 0 saturated carbocycles. The number of rotatable bonds is 7. The van der Waals surface area contributed by atoms with Gasteiger partial charge in [0.25, 0.3) is 12.3 Å². The minimum atomic E-state index is -5.08. The lowest BCUT2D eigenvalue weighted by Gasteiger charge is -2.13. The molecule has 40 heavy (non-hydrogen) atoms. The van der Waals surface area contributed by atoms with Crippen molar-refractivity contribution >= 4 is 35.1 Å². The number of benzene rings is 2. The molecule has 0 aliphatic carbocycles. The van der Waals surface area contributed by atoms with Gasteiger partial charge in [-0.1, -0.05) is 29.3 Å². The molecule has 1 aromatic heterocycles. The first-order valence-corrected chi connectivity index (χ1v) is 10.8. The number of carboxylic acid groups (broad SMARTS) is 1. The van der Waals surface area contributed by atoms with E-state index in [1.165, 1.54) is 12.1 Å². The number of carbonyl (C=O) groups excluding carboxylic acids is 1. The molecule has 0 bridgehead atoms. The summed E-state index contributed by atoms with van der Waals surface area (Å²) in [5.41, 5.74) is 7.59. The van der Waals surface area contributed by atoms with Gasteiger partial charge in [0.1, 0.15) is 5.75 Å². The molecule has 2 aromatic carbocycles. The molecule has 0 fully saturated rings. The van der Waals surface area contributed by atoms with E-state index in [0.717, 1.165) is 29.2 Å². The van der Waals surface area contributed by atoms with Gasteiger partial charge >= 0.3 is 12.1 Å². The zero-order chi connectivity index (χ0) is 30.2. The van der Waals surface area contributed by atoms with Gasteiger partial charge in [0, 0.05) is 17.7 Å². The van der Waals surface area contributed by atoms with E-state index in [9.17, 15) is 26.7 Å². The maximum atomic E-state index is 15.0. The smallest absolute Gasteiger partial charge is 0.475 e. The fourth-order valence-corrected chi connectivity index (χ4v) is 3.08. The van der Waals surface area contributed by atoms with Gasteiger partial charge in [-0.2, -0.15) is 33.0 Å². The molecule has 0 aliphatic heterocycles. The molecule has 0 atom stereocenters. The average molecular weight is 610 g/mol. The number of alkyl halides is 5. The summed E-state index contributed by atoms with van der Waals surface area (Å²) in [5.74, 6) is -5.26. The van der Waals surface area contributed by atoms with Crippen LogP contribution in [0.5, 0.6) is 11.5 Å². The lowest BCUT2D eigenvalue weighted by Crippen LogP contribution is -2.25. The molecule has 1 heterocycles. The largest absolute Gasteiger partial charge is 0.490 e. The van der Waals surface area contributed by atoms with Crippen LogP contribution >= 0.6 is 23.2 Å². The van der Waals surface area contributed by atoms with Gasteiger partial charge in [-0.3, -0.25) is 4.79 Å². The lowest BCUT2D eigenvalue weighted by atomic mass is 10.1. The first-order valence-electron chi connectivity index (χ1n) is 10.0. The van der Waals surface area contributed by atoms with Gasteiger partial charge in [0.2, 0.25) is 5.69 Å². The topological polar surface area (TPSA) is 166 Å². The van der Waals surface area contributed by atoms with Crippen LogP contribution < -0.4 is 10.1 Å². The predicted molar refractivity (Wildman–Crippen MR) is 124 cm³/mol. The monoisotopic (exact) mass is 609 g/mol. The van der Waals surface area contributed by atoms with Crippen LogP contribution in [-0.2, 0) is 11.3 Å². The van der Waals surface area contributed by atoms with E-state index < -0.39 is 41.6 Å². The number of ether oxygens (including phenoxy) is 1. The second-order valence-corrected chi connectivity index (χ2v) is 7.81. The standard InChI is InChI=1S/C19H10Cl2F3N7O2.C2HF3O2/c20-13-2-1-10(7-27-19(32)15-17(21)28-8-31(15)30-29-26)14(22)16(13)33-12-4-9(6-25)3-11(5-12)18(23)24;3-2(4,5)1(6)7/h1-5,8,18H,7H2,(H,27,32);(H,6,7). The molecule has 0 aliphatic rings. The number of halogens is 8. The number of azide groups is 1. The van der Waals surface area contributed by atoms with Crippen molar-refractivity contribution in [1.29, 1.82) is 5.26 Å². The number of aliphatic carboxylic acids is 1. The highest BCUT2D eigenvalue weighted by atomic mass is 35.5. The Bertz CT molecular complexity index is 1520. The summed E-state index contributed by atoms with van der Waals surface area (Å²) in [5, 5.41) is 21.4. The molecule has 0 saturated heterocycles. The van der Waals surface area contributed by atoms with Crippen molar-refractivity contribution in [2.45, 2.75) is 19.1 Å². The molecule has 0 spiro atoms. The zero-order valence-electron chi connectivity index (χ0n) is 19.1. The van der Waals surface area contributed by atoms with E-state index in [0.29, 0.717) is 0 Å². The first-order chi connectivity index (χ1) is 18.7. The Labute approximate surface area is 228 Å². The third-order valence-electron chi connectivity index (χ3n) is 4.40. The molecule has 2 N–H and O–H groups in total. The van der Waals surface area contributed by atoms with Crippen molar-refractivity contribution in [3.63, 3.8) is 0 Å². The minimum absolute atomic E-state index is 0.0701. The molecule has 0 unspecified atom stereocenters. The summed E-state index contributed by atoms with van der Waals surface area (Å²) in [6.45, 7) is -0.365. The van der Waals surface area contributed by atoms with E-state index in [1.807, 2.05) is 0 Å². The second-order valence-electron chi connectivity index (χ2n) is 7.05. The highest BCUT2D eigenvalue weighted by Crippen LogP contribution is 2.36. The molecule has 3 rings (SSSR count). The number of hydrogen-bond donors (Lipinski definition) is 2. The highest BCUT2D eigenvalue weighted by Gasteiger charge is 2.38. The summed E-state index contributed by atoms with van der Waals surface area (Å²) in [7, 11) is 0. The van der Waals surface area contributed by atoms with Gasteiger partial charge in [-0.15, -0.1) is 5.53 Å². The Morgan fingerprint density at radius 1 is 1.27 bits per heavy atom.